The van der Waals surface area contributed by atoms with E-state index in [0.29, 0.717) is 18.6 Å². The number of alkyl halides is 1. The first-order chi connectivity index (χ1) is 4.84. The lowest BCUT2D eigenvalue weighted by molar-refractivity contribution is 0.0937. The Kier molecular flexibility index (Phi) is 2.41. The third kappa shape index (κ3) is 1.55. The average molecular weight is 141 g/mol. The Morgan fingerprint density at radius 3 is 3.20 bits per heavy atom. The van der Waals surface area contributed by atoms with Crippen molar-refractivity contribution < 1.29 is 9.13 Å². The molecule has 2 nitrogen and oxygen atoms in total. The van der Waals surface area contributed by atoms with Crippen molar-refractivity contribution in [2.75, 3.05) is 13.2 Å². The number of rotatable bonds is 0. The van der Waals surface area contributed by atoms with Crippen LogP contribution in [-0.4, -0.2) is 19.4 Å². The molecule has 0 amide bonds. The van der Waals surface area contributed by atoms with Gasteiger partial charge in [0.1, 0.15) is 6.17 Å². The Morgan fingerprint density at radius 2 is 2.60 bits per heavy atom. The largest absolute Gasteiger partial charge is 0.378 e. The van der Waals surface area contributed by atoms with Gasteiger partial charge in [-0.25, -0.2) is 9.24 Å². The summed E-state index contributed by atoms with van der Waals surface area (Å²) in [6.45, 7) is 7.21. The van der Waals surface area contributed by atoms with E-state index < -0.39 is 6.17 Å². The molecule has 1 aliphatic heterocycles. The van der Waals surface area contributed by atoms with Crippen LogP contribution in [0.2, 0.25) is 0 Å². The van der Waals surface area contributed by atoms with Crippen LogP contribution in [0.25, 0.3) is 4.85 Å². The fourth-order valence-electron chi connectivity index (χ4n) is 0.854. The highest BCUT2D eigenvalue weighted by molar-refractivity contribution is 5.13. The van der Waals surface area contributed by atoms with Crippen molar-refractivity contribution in [3.63, 3.8) is 0 Å². The summed E-state index contributed by atoms with van der Waals surface area (Å²) in [5, 5.41) is 0. The number of nitrogens with zero attached hydrogens (tertiary/aromatic N) is 1. The highest BCUT2D eigenvalue weighted by atomic mass is 19.1. The molecule has 54 valence electrons. The maximum absolute atomic E-state index is 12.7. The normalized spacial score (nSPS) is 30.0. The molecule has 1 fully saturated rings. The van der Waals surface area contributed by atoms with Gasteiger partial charge < -0.3 is 4.74 Å². The van der Waals surface area contributed by atoms with Crippen LogP contribution in [-0.2, 0) is 4.74 Å². The quantitative estimate of drug-likeness (QED) is 0.466. The van der Waals surface area contributed by atoms with Gasteiger partial charge in [0.15, 0.2) is 6.20 Å². The lowest BCUT2D eigenvalue weighted by Gasteiger charge is -2.18. The summed E-state index contributed by atoms with van der Waals surface area (Å²) in [6.07, 6.45) is 0.647. The van der Waals surface area contributed by atoms with E-state index in [2.05, 4.69) is 4.85 Å². The predicted octanol–water partition coefficient (Wildman–Crippen LogP) is 1.55. The highest BCUT2D eigenvalue weighted by Crippen LogP contribution is 2.16. The van der Waals surface area contributed by atoms with Crippen LogP contribution in [0, 0.1) is 6.57 Å². The average Bonchev–Trinajstić information content (AvgIpc) is 1.94. The standard InChI is InChI=1S/C7H8FNO/c1-9-4-6-5-10-3-2-7(6)8/h4,7H,2-3,5H2/b6-4-. The van der Waals surface area contributed by atoms with Gasteiger partial charge in [0.2, 0.25) is 0 Å². The van der Waals surface area contributed by atoms with Crippen LogP contribution in [0.1, 0.15) is 6.42 Å². The minimum absolute atomic E-state index is 0.281. The van der Waals surface area contributed by atoms with Gasteiger partial charge in [0.05, 0.1) is 13.2 Å². The molecule has 0 radical (unpaired) electrons. The zero-order valence-electron chi connectivity index (χ0n) is 5.51. The number of halogens is 1. The molecule has 10 heavy (non-hydrogen) atoms. The molecule has 0 spiro atoms. The summed E-state index contributed by atoms with van der Waals surface area (Å²) in [5.74, 6) is 0. The van der Waals surface area contributed by atoms with Crippen LogP contribution >= 0.6 is 0 Å². The predicted molar refractivity (Wildman–Crippen MR) is 35.0 cm³/mol. The monoisotopic (exact) mass is 141 g/mol. The lowest BCUT2D eigenvalue weighted by Crippen LogP contribution is -2.19. The third-order valence-electron chi connectivity index (χ3n) is 1.42. The van der Waals surface area contributed by atoms with Gasteiger partial charge in [-0.15, -0.1) is 0 Å². The van der Waals surface area contributed by atoms with Crippen molar-refractivity contribution in [3.05, 3.63) is 23.2 Å². The summed E-state index contributed by atoms with van der Waals surface area (Å²) in [4.78, 5) is 2.98. The summed E-state index contributed by atoms with van der Waals surface area (Å²) < 4.78 is 17.7. The third-order valence-corrected chi connectivity index (χ3v) is 1.42. The maximum atomic E-state index is 12.7. The topological polar surface area (TPSA) is 13.6 Å². The highest BCUT2D eigenvalue weighted by Gasteiger charge is 2.16. The molecule has 0 aromatic carbocycles. The molecule has 1 aliphatic rings. The van der Waals surface area contributed by atoms with Gasteiger partial charge in [0, 0.05) is 13.0 Å². The SMILES string of the molecule is [C-]#[N+]/C=C1/COCCC1F. The minimum Gasteiger partial charge on any atom is -0.378 e. The summed E-state index contributed by atoms with van der Waals surface area (Å²) in [6, 6.07) is 0. The smallest absolute Gasteiger partial charge is 0.158 e. The van der Waals surface area contributed by atoms with Crippen LogP contribution in [0.3, 0.4) is 0 Å². The van der Waals surface area contributed by atoms with E-state index in [1.807, 2.05) is 0 Å². The molecule has 1 saturated heterocycles. The second-order valence-electron chi connectivity index (χ2n) is 2.14. The fourth-order valence-corrected chi connectivity index (χ4v) is 0.854. The van der Waals surface area contributed by atoms with E-state index in [0.717, 1.165) is 0 Å². The van der Waals surface area contributed by atoms with Crippen molar-refractivity contribution in [2.24, 2.45) is 0 Å². The number of ether oxygens (including phenoxy) is 1. The molecule has 1 unspecified atom stereocenters. The van der Waals surface area contributed by atoms with Crippen molar-refractivity contribution >= 4 is 0 Å². The number of hydrogen-bond donors (Lipinski definition) is 0. The minimum atomic E-state index is -0.956. The summed E-state index contributed by atoms with van der Waals surface area (Å²) in [5.41, 5.74) is 0.473. The molecule has 0 bridgehead atoms. The van der Waals surface area contributed by atoms with Crippen LogP contribution in [0.4, 0.5) is 4.39 Å². The van der Waals surface area contributed by atoms with Crippen molar-refractivity contribution in [1.82, 2.24) is 0 Å². The first-order valence-electron chi connectivity index (χ1n) is 3.12. The van der Waals surface area contributed by atoms with Gasteiger partial charge in [-0.3, -0.25) is 0 Å². The summed E-state index contributed by atoms with van der Waals surface area (Å²) >= 11 is 0. The molecule has 1 rings (SSSR count). The molecule has 0 N–H and O–H groups in total. The molecular weight excluding hydrogens is 133 g/mol. The van der Waals surface area contributed by atoms with Gasteiger partial charge >= 0.3 is 0 Å². The summed E-state index contributed by atoms with van der Waals surface area (Å²) in [7, 11) is 0. The van der Waals surface area contributed by atoms with Crippen molar-refractivity contribution in [1.29, 1.82) is 0 Å². The van der Waals surface area contributed by atoms with E-state index in [9.17, 15) is 4.39 Å². The Bertz CT molecular complexity index is 183. The van der Waals surface area contributed by atoms with Gasteiger partial charge in [-0.05, 0) is 5.57 Å². The molecule has 0 saturated carbocycles. The lowest BCUT2D eigenvalue weighted by atomic mass is 10.1. The second-order valence-corrected chi connectivity index (χ2v) is 2.14. The van der Waals surface area contributed by atoms with E-state index in [4.69, 9.17) is 11.3 Å². The van der Waals surface area contributed by atoms with E-state index in [1.54, 1.807) is 0 Å². The van der Waals surface area contributed by atoms with Crippen molar-refractivity contribution in [3.8, 4) is 0 Å². The zero-order chi connectivity index (χ0) is 7.40. The number of hydrogen-bond acceptors (Lipinski definition) is 1. The molecule has 0 aliphatic carbocycles. The van der Waals surface area contributed by atoms with E-state index in [1.165, 1.54) is 6.20 Å². The molecule has 1 atom stereocenters. The Hall–Kier alpha value is -0.880. The molecule has 3 heteroatoms. The van der Waals surface area contributed by atoms with Crippen LogP contribution in [0.5, 0.6) is 0 Å². The second kappa shape index (κ2) is 3.33. The first kappa shape index (κ1) is 7.23. The van der Waals surface area contributed by atoms with Gasteiger partial charge in [-0.1, -0.05) is 0 Å². The van der Waals surface area contributed by atoms with Gasteiger partial charge in [0.25, 0.3) is 0 Å². The van der Waals surface area contributed by atoms with E-state index >= 15 is 0 Å². The molecule has 0 aromatic rings. The first-order valence-corrected chi connectivity index (χ1v) is 3.12. The maximum Gasteiger partial charge on any atom is 0.158 e. The van der Waals surface area contributed by atoms with Crippen LogP contribution < -0.4 is 0 Å². The molecular formula is C7H8FNO. The van der Waals surface area contributed by atoms with E-state index in [-0.39, 0.29) is 6.61 Å². The Labute approximate surface area is 59.1 Å². The van der Waals surface area contributed by atoms with Gasteiger partial charge in [-0.2, -0.15) is 0 Å². The molecule has 0 aromatic heterocycles. The Morgan fingerprint density at radius 1 is 1.80 bits per heavy atom. The van der Waals surface area contributed by atoms with Crippen LogP contribution in [0.15, 0.2) is 11.8 Å². The zero-order valence-corrected chi connectivity index (χ0v) is 5.51. The van der Waals surface area contributed by atoms with Crippen molar-refractivity contribution in [2.45, 2.75) is 12.6 Å². The Balaban J connectivity index is 2.58. The molecule has 1 heterocycles. The fraction of sp³-hybridized carbons (Fsp3) is 0.571.